The van der Waals surface area contributed by atoms with Gasteiger partial charge in [0.05, 0.1) is 6.61 Å². The maximum Gasteiger partial charge on any atom is 0.324 e. The number of ether oxygens (including phenoxy) is 1. The summed E-state index contributed by atoms with van der Waals surface area (Å²) in [6, 6.07) is 6.53. The number of hydrogen-bond acceptors (Lipinski definition) is 7. The van der Waals surface area contributed by atoms with Crippen LogP contribution < -0.4 is 15.4 Å². The van der Waals surface area contributed by atoms with Crippen molar-refractivity contribution in [3.63, 3.8) is 0 Å². The second-order valence-corrected chi connectivity index (χ2v) is 10.1. The Hall–Kier alpha value is -2.61. The van der Waals surface area contributed by atoms with Gasteiger partial charge in [-0.05, 0) is 75.1 Å². The summed E-state index contributed by atoms with van der Waals surface area (Å²) in [6.07, 6.45) is 6.41. The Labute approximate surface area is 202 Å². The lowest BCUT2D eigenvalue weighted by Gasteiger charge is -2.31. The fraction of sp³-hybridized carbons (Fsp3) is 0.654. The van der Waals surface area contributed by atoms with Crippen molar-refractivity contribution in [2.45, 2.75) is 71.3 Å². The summed E-state index contributed by atoms with van der Waals surface area (Å²) in [6.45, 7) is 10.2. The van der Waals surface area contributed by atoms with E-state index in [4.69, 9.17) is 15.0 Å². The van der Waals surface area contributed by atoms with Crippen LogP contribution in [0.4, 0.5) is 6.01 Å². The van der Waals surface area contributed by atoms with Gasteiger partial charge < -0.3 is 24.8 Å². The number of hydrogen-bond donors (Lipinski definition) is 1. The number of carbonyl (C=O) groups is 1. The van der Waals surface area contributed by atoms with Gasteiger partial charge >= 0.3 is 6.01 Å². The lowest BCUT2D eigenvalue weighted by atomic mass is 9.92. The van der Waals surface area contributed by atoms with E-state index in [1.807, 2.05) is 30.0 Å². The van der Waals surface area contributed by atoms with Gasteiger partial charge in [-0.3, -0.25) is 4.79 Å². The molecule has 0 aliphatic carbocycles. The molecule has 8 heteroatoms. The van der Waals surface area contributed by atoms with Gasteiger partial charge in [-0.15, -0.1) is 0 Å². The highest BCUT2D eigenvalue weighted by molar-refractivity contribution is 5.95. The first kappa shape index (κ1) is 24.5. The van der Waals surface area contributed by atoms with Crippen LogP contribution in [0.5, 0.6) is 5.75 Å². The Bertz CT molecular complexity index is 952. The van der Waals surface area contributed by atoms with Gasteiger partial charge in [-0.25, -0.2) is 0 Å². The highest BCUT2D eigenvalue weighted by Crippen LogP contribution is 2.26. The summed E-state index contributed by atoms with van der Waals surface area (Å²) in [4.78, 5) is 21.5. The third-order valence-electron chi connectivity index (χ3n) is 7.03. The lowest BCUT2D eigenvalue weighted by molar-refractivity contribution is 0.0708. The largest absolute Gasteiger partial charge is 0.494 e. The molecule has 0 bridgehead atoms. The molecule has 2 aromatic rings. The van der Waals surface area contributed by atoms with Gasteiger partial charge in [0, 0.05) is 43.7 Å². The monoisotopic (exact) mass is 469 g/mol. The van der Waals surface area contributed by atoms with Crippen molar-refractivity contribution in [3.8, 4) is 5.75 Å². The zero-order valence-corrected chi connectivity index (χ0v) is 20.8. The molecule has 0 radical (unpaired) electrons. The van der Waals surface area contributed by atoms with Crippen LogP contribution in [0.1, 0.15) is 80.0 Å². The Morgan fingerprint density at radius 3 is 2.71 bits per heavy atom. The summed E-state index contributed by atoms with van der Waals surface area (Å²) in [5, 5.41) is 4.08. The molecule has 8 nitrogen and oxygen atoms in total. The second-order valence-electron chi connectivity index (χ2n) is 10.1. The molecule has 0 spiro atoms. The first-order chi connectivity index (χ1) is 16.4. The average Bonchev–Trinajstić information content (AvgIpc) is 3.33. The van der Waals surface area contributed by atoms with Crippen molar-refractivity contribution in [2.24, 2.45) is 11.7 Å². The minimum atomic E-state index is 0.0755. The number of aromatic nitrogens is 2. The van der Waals surface area contributed by atoms with Crippen molar-refractivity contribution in [2.75, 3.05) is 37.7 Å². The summed E-state index contributed by atoms with van der Waals surface area (Å²) in [5.41, 5.74) is 7.74. The zero-order chi connectivity index (χ0) is 24.1. The molecule has 1 aromatic carbocycles. The van der Waals surface area contributed by atoms with Crippen LogP contribution in [0.15, 0.2) is 22.7 Å². The van der Waals surface area contributed by atoms with Gasteiger partial charge in [-0.2, -0.15) is 4.98 Å². The van der Waals surface area contributed by atoms with Gasteiger partial charge in [0.2, 0.25) is 0 Å². The maximum atomic E-state index is 12.9. The van der Waals surface area contributed by atoms with Crippen molar-refractivity contribution in [3.05, 3.63) is 35.2 Å². The molecule has 1 amide bonds. The van der Waals surface area contributed by atoms with E-state index in [1.54, 1.807) is 0 Å². The third kappa shape index (κ3) is 6.09. The Kier molecular flexibility index (Phi) is 8.08. The van der Waals surface area contributed by atoms with Gasteiger partial charge in [0.1, 0.15) is 5.75 Å². The minimum Gasteiger partial charge on any atom is -0.494 e. The summed E-state index contributed by atoms with van der Waals surface area (Å²) < 4.78 is 11.4. The number of likely N-dealkylation sites (tertiary alicyclic amines) is 1. The first-order valence-electron chi connectivity index (χ1n) is 12.8. The fourth-order valence-corrected chi connectivity index (χ4v) is 4.90. The smallest absolute Gasteiger partial charge is 0.324 e. The van der Waals surface area contributed by atoms with Crippen LogP contribution in [-0.2, 0) is 0 Å². The quantitative estimate of drug-likeness (QED) is 0.580. The van der Waals surface area contributed by atoms with Crippen molar-refractivity contribution in [1.29, 1.82) is 0 Å². The highest BCUT2D eigenvalue weighted by atomic mass is 16.5. The first-order valence-corrected chi connectivity index (χ1v) is 12.8. The standard InChI is InChI=1S/C26H39N5O3/c1-18(2)24-28-26(34-29-24)30-13-10-20(11-14-30)6-5-15-33-22-8-9-23(19(3)16-22)25(32)31-12-4-7-21(27)17-31/h8-9,16,18,20-21H,4-7,10-15,17,27H2,1-3H3/t21-/m1/s1. The second kappa shape index (κ2) is 11.2. The number of carbonyl (C=O) groups excluding carboxylic acids is 1. The van der Waals surface area contributed by atoms with Gasteiger partial charge in [0.25, 0.3) is 5.91 Å². The van der Waals surface area contributed by atoms with Crippen LogP contribution in [0.2, 0.25) is 0 Å². The Morgan fingerprint density at radius 2 is 2.03 bits per heavy atom. The minimum absolute atomic E-state index is 0.0755. The molecular weight excluding hydrogens is 430 g/mol. The summed E-state index contributed by atoms with van der Waals surface area (Å²) in [7, 11) is 0. The predicted molar refractivity (Wildman–Crippen MR) is 132 cm³/mol. The number of nitrogens with zero attached hydrogens (tertiary/aromatic N) is 4. The molecule has 2 aliphatic heterocycles. The van der Waals surface area contributed by atoms with E-state index in [9.17, 15) is 4.79 Å². The number of amides is 1. The molecule has 186 valence electrons. The Balaban J connectivity index is 1.18. The molecule has 3 heterocycles. The zero-order valence-electron chi connectivity index (χ0n) is 20.8. The van der Waals surface area contributed by atoms with Crippen LogP contribution in [0.25, 0.3) is 0 Å². The number of benzene rings is 1. The van der Waals surface area contributed by atoms with E-state index in [1.165, 1.54) is 0 Å². The van der Waals surface area contributed by atoms with Gasteiger partial charge in [-0.1, -0.05) is 19.0 Å². The van der Waals surface area contributed by atoms with Crippen LogP contribution >= 0.6 is 0 Å². The average molecular weight is 470 g/mol. The highest BCUT2D eigenvalue weighted by Gasteiger charge is 2.24. The van der Waals surface area contributed by atoms with E-state index in [2.05, 4.69) is 28.9 Å². The number of anilines is 1. The van der Waals surface area contributed by atoms with E-state index < -0.39 is 0 Å². The van der Waals surface area contributed by atoms with E-state index >= 15 is 0 Å². The normalized spacial score (nSPS) is 19.6. The van der Waals surface area contributed by atoms with E-state index in [-0.39, 0.29) is 17.9 Å². The van der Waals surface area contributed by atoms with Crippen LogP contribution in [-0.4, -0.2) is 59.8 Å². The van der Waals surface area contributed by atoms with Crippen LogP contribution in [0.3, 0.4) is 0 Å². The van der Waals surface area contributed by atoms with E-state index in [0.717, 1.165) is 80.9 Å². The van der Waals surface area contributed by atoms with Gasteiger partial charge in [0.15, 0.2) is 5.82 Å². The molecule has 0 unspecified atom stereocenters. The molecule has 2 fully saturated rings. The van der Waals surface area contributed by atoms with Crippen molar-refractivity contribution >= 4 is 11.9 Å². The molecule has 34 heavy (non-hydrogen) atoms. The molecule has 2 aliphatic rings. The number of nitrogens with two attached hydrogens (primary N) is 1. The topological polar surface area (TPSA) is 97.7 Å². The lowest BCUT2D eigenvalue weighted by Crippen LogP contribution is -2.45. The van der Waals surface area contributed by atoms with Crippen LogP contribution in [0, 0.1) is 12.8 Å². The number of aryl methyl sites for hydroxylation is 1. The van der Waals surface area contributed by atoms with Crippen molar-refractivity contribution in [1.82, 2.24) is 15.0 Å². The molecule has 4 rings (SSSR count). The Morgan fingerprint density at radius 1 is 1.24 bits per heavy atom. The SMILES string of the molecule is Cc1cc(OCCCC2CCN(c3nc(C(C)C)no3)CC2)ccc1C(=O)N1CCC[C@@H](N)C1. The third-order valence-corrected chi connectivity index (χ3v) is 7.03. The number of rotatable bonds is 8. The molecule has 1 atom stereocenters. The fourth-order valence-electron chi connectivity index (χ4n) is 4.90. The molecule has 0 saturated carbocycles. The predicted octanol–water partition coefficient (Wildman–Crippen LogP) is 4.14. The summed E-state index contributed by atoms with van der Waals surface area (Å²) >= 11 is 0. The van der Waals surface area contributed by atoms with E-state index in [0.29, 0.717) is 25.1 Å². The summed E-state index contributed by atoms with van der Waals surface area (Å²) in [5.74, 6) is 2.66. The maximum absolute atomic E-state index is 12.9. The van der Waals surface area contributed by atoms with Crippen molar-refractivity contribution < 1.29 is 14.1 Å². The molecule has 1 aromatic heterocycles. The molecular formula is C26H39N5O3. The molecule has 2 saturated heterocycles. The number of piperidine rings is 2. The molecule has 2 N–H and O–H groups in total.